The largest absolute Gasteiger partial charge is 0.320 e. The molecule has 0 radical (unpaired) electrons. The highest BCUT2D eigenvalue weighted by Crippen LogP contribution is 2.19. The molecule has 0 saturated carbocycles. The first-order valence-corrected chi connectivity index (χ1v) is 14.1. The molecule has 0 heterocycles. The standard InChI is InChI=1S/C23H40O3S2/c1-2-3-4-5-6-7-8-9-10-11-12-13-14-15-16-22-17-19-23(20-18-22)21-27-28(24,25)26/h17-20H,2-16,21H2,1H3,(H,24,25,26). The van der Waals surface area contributed by atoms with Gasteiger partial charge in [-0.1, -0.05) is 115 Å². The lowest BCUT2D eigenvalue weighted by Crippen LogP contribution is -1.92. The van der Waals surface area contributed by atoms with Crippen LogP contribution >= 0.6 is 10.8 Å². The van der Waals surface area contributed by atoms with E-state index < -0.39 is 9.15 Å². The van der Waals surface area contributed by atoms with Gasteiger partial charge in [-0.3, -0.25) is 4.55 Å². The molecule has 5 heteroatoms. The minimum absolute atomic E-state index is 0.290. The van der Waals surface area contributed by atoms with Gasteiger partial charge in [0.1, 0.15) is 0 Å². The number of unbranched alkanes of at least 4 members (excludes halogenated alkanes) is 13. The monoisotopic (exact) mass is 428 g/mol. The van der Waals surface area contributed by atoms with Crippen LogP contribution in [0.5, 0.6) is 0 Å². The van der Waals surface area contributed by atoms with Gasteiger partial charge in [0.05, 0.1) is 0 Å². The third-order valence-electron chi connectivity index (χ3n) is 5.22. The fourth-order valence-corrected chi connectivity index (χ4v) is 4.80. The number of benzene rings is 1. The van der Waals surface area contributed by atoms with Crippen LogP contribution in [0.25, 0.3) is 0 Å². The van der Waals surface area contributed by atoms with Crippen LogP contribution in [0.4, 0.5) is 0 Å². The van der Waals surface area contributed by atoms with Crippen molar-refractivity contribution in [3.63, 3.8) is 0 Å². The maximum atomic E-state index is 10.7. The summed E-state index contributed by atoms with van der Waals surface area (Å²) in [6, 6.07) is 8.05. The molecule has 0 aromatic heterocycles. The molecule has 0 unspecified atom stereocenters. The normalized spacial score (nSPS) is 11.8. The zero-order valence-electron chi connectivity index (χ0n) is 17.7. The first kappa shape index (κ1) is 25.5. The first-order chi connectivity index (χ1) is 13.5. The van der Waals surface area contributed by atoms with E-state index in [1.54, 1.807) is 0 Å². The van der Waals surface area contributed by atoms with Gasteiger partial charge in [0.15, 0.2) is 0 Å². The van der Waals surface area contributed by atoms with Crippen LogP contribution in [0.1, 0.15) is 108 Å². The highest BCUT2D eigenvalue weighted by atomic mass is 33.1. The molecule has 0 atom stereocenters. The molecule has 0 aliphatic carbocycles. The summed E-state index contributed by atoms with van der Waals surface area (Å²) in [6.07, 6.45) is 20.4. The van der Waals surface area contributed by atoms with Crippen LogP contribution in [0.2, 0.25) is 0 Å². The van der Waals surface area contributed by atoms with Crippen molar-refractivity contribution in [3.05, 3.63) is 35.4 Å². The molecule has 3 nitrogen and oxygen atoms in total. The quantitative estimate of drug-likeness (QED) is 0.147. The molecule has 0 saturated heterocycles. The maximum absolute atomic E-state index is 10.7. The van der Waals surface area contributed by atoms with Gasteiger partial charge in [-0.05, 0) is 24.0 Å². The van der Waals surface area contributed by atoms with Crippen LogP contribution in [0, 0.1) is 0 Å². The molecule has 0 aliphatic rings. The van der Waals surface area contributed by atoms with E-state index in [9.17, 15) is 8.42 Å². The van der Waals surface area contributed by atoms with Gasteiger partial charge in [0.2, 0.25) is 0 Å². The Morgan fingerprint density at radius 3 is 1.50 bits per heavy atom. The van der Waals surface area contributed by atoms with Gasteiger partial charge in [0.25, 0.3) is 0 Å². The summed E-state index contributed by atoms with van der Waals surface area (Å²) in [5.41, 5.74) is 2.23. The molecule has 0 amide bonds. The Labute approximate surface area is 177 Å². The fraction of sp³-hybridized carbons (Fsp3) is 0.739. The third-order valence-corrected chi connectivity index (χ3v) is 7.21. The van der Waals surface area contributed by atoms with Gasteiger partial charge in [-0.25, -0.2) is 0 Å². The summed E-state index contributed by atoms with van der Waals surface area (Å²) in [5.74, 6) is 0.290. The molecule has 28 heavy (non-hydrogen) atoms. The molecule has 0 fully saturated rings. The van der Waals surface area contributed by atoms with E-state index in [-0.39, 0.29) is 5.75 Å². The van der Waals surface area contributed by atoms with E-state index in [4.69, 9.17) is 4.55 Å². The Morgan fingerprint density at radius 1 is 0.679 bits per heavy atom. The summed E-state index contributed by atoms with van der Waals surface area (Å²) < 4.78 is 30.3. The van der Waals surface area contributed by atoms with Crippen molar-refractivity contribution in [2.24, 2.45) is 0 Å². The highest BCUT2D eigenvalue weighted by molar-refractivity contribution is 8.69. The predicted octanol–water partition coefficient (Wildman–Crippen LogP) is 7.75. The molecule has 1 aromatic rings. The molecule has 0 aliphatic heterocycles. The van der Waals surface area contributed by atoms with E-state index in [2.05, 4.69) is 19.1 Å². The lowest BCUT2D eigenvalue weighted by Gasteiger charge is -2.05. The average molecular weight is 429 g/mol. The van der Waals surface area contributed by atoms with Crippen LogP contribution in [-0.4, -0.2) is 13.0 Å². The van der Waals surface area contributed by atoms with Crippen molar-refractivity contribution in [1.29, 1.82) is 0 Å². The lowest BCUT2D eigenvalue weighted by atomic mass is 10.0. The van der Waals surface area contributed by atoms with Gasteiger partial charge < -0.3 is 0 Å². The molecule has 1 aromatic carbocycles. The van der Waals surface area contributed by atoms with Crippen molar-refractivity contribution < 1.29 is 13.0 Å². The Balaban J connectivity index is 1.92. The molecule has 162 valence electrons. The molecule has 1 rings (SSSR count). The highest BCUT2D eigenvalue weighted by Gasteiger charge is 2.05. The van der Waals surface area contributed by atoms with E-state index in [1.165, 1.54) is 95.5 Å². The summed E-state index contributed by atoms with van der Waals surface area (Å²) >= 11 is 0. The van der Waals surface area contributed by atoms with Gasteiger partial charge in [0, 0.05) is 16.5 Å². The van der Waals surface area contributed by atoms with Crippen LogP contribution < -0.4 is 0 Å². The third kappa shape index (κ3) is 15.4. The summed E-state index contributed by atoms with van der Waals surface area (Å²) in [4.78, 5) is 0. The predicted molar refractivity (Wildman–Crippen MR) is 123 cm³/mol. The van der Waals surface area contributed by atoms with Gasteiger partial charge in [-0.2, -0.15) is 8.42 Å². The molecule has 1 N–H and O–H groups in total. The average Bonchev–Trinajstić information content (AvgIpc) is 2.67. The number of hydrogen-bond donors (Lipinski definition) is 1. The topological polar surface area (TPSA) is 54.4 Å². The van der Waals surface area contributed by atoms with Crippen molar-refractivity contribution in [3.8, 4) is 0 Å². The maximum Gasteiger partial charge on any atom is 0.320 e. The van der Waals surface area contributed by atoms with E-state index in [0.29, 0.717) is 10.8 Å². The van der Waals surface area contributed by atoms with Crippen LogP contribution in [-0.2, 0) is 21.3 Å². The lowest BCUT2D eigenvalue weighted by molar-refractivity contribution is 0.503. The number of rotatable bonds is 18. The second kappa shape index (κ2) is 16.3. The Bertz CT molecular complexity index is 582. The fourth-order valence-electron chi connectivity index (χ4n) is 3.47. The summed E-state index contributed by atoms with van der Waals surface area (Å²) in [5, 5.41) is 0. The second-order valence-electron chi connectivity index (χ2n) is 7.85. The zero-order chi connectivity index (χ0) is 20.5. The molecular formula is C23H40O3S2. The smallest absolute Gasteiger partial charge is 0.277 e. The molecule has 0 bridgehead atoms. The molecular weight excluding hydrogens is 388 g/mol. The summed E-state index contributed by atoms with van der Waals surface area (Å²) in [6.45, 7) is 2.27. The Morgan fingerprint density at radius 2 is 1.07 bits per heavy atom. The van der Waals surface area contributed by atoms with Crippen molar-refractivity contribution in [2.45, 2.75) is 109 Å². The van der Waals surface area contributed by atoms with E-state index in [1.807, 2.05) is 12.1 Å². The van der Waals surface area contributed by atoms with E-state index in [0.717, 1.165) is 12.0 Å². The Kier molecular flexibility index (Phi) is 14.9. The van der Waals surface area contributed by atoms with Crippen molar-refractivity contribution in [1.82, 2.24) is 0 Å². The second-order valence-corrected chi connectivity index (χ2v) is 11.2. The molecule has 0 spiro atoms. The van der Waals surface area contributed by atoms with E-state index >= 15 is 0 Å². The van der Waals surface area contributed by atoms with Crippen LogP contribution in [0.3, 0.4) is 0 Å². The first-order valence-electron chi connectivity index (χ1n) is 11.2. The van der Waals surface area contributed by atoms with Gasteiger partial charge in [-0.15, -0.1) is 0 Å². The van der Waals surface area contributed by atoms with Crippen molar-refractivity contribution >= 4 is 19.9 Å². The minimum atomic E-state index is -3.95. The summed E-state index contributed by atoms with van der Waals surface area (Å²) in [7, 11) is -3.39. The number of aryl methyl sites for hydroxylation is 1. The SMILES string of the molecule is CCCCCCCCCCCCCCCCc1ccc(CSS(=O)(=O)O)cc1. The minimum Gasteiger partial charge on any atom is -0.277 e. The number of hydrogen-bond acceptors (Lipinski definition) is 3. The zero-order valence-corrected chi connectivity index (χ0v) is 19.3. The van der Waals surface area contributed by atoms with Crippen molar-refractivity contribution in [2.75, 3.05) is 0 Å². The van der Waals surface area contributed by atoms with Crippen LogP contribution in [0.15, 0.2) is 24.3 Å². The van der Waals surface area contributed by atoms with Gasteiger partial charge >= 0.3 is 9.15 Å². The Hall–Kier alpha value is -0.520.